The number of imidazole rings is 2. The number of aromatic amines is 2. The zero-order chi connectivity index (χ0) is 47.6. The number of methoxy groups -OCH3 is 2. The number of carbonyl (C=O) groups is 4. The van der Waals surface area contributed by atoms with Gasteiger partial charge in [0.2, 0.25) is 11.8 Å². The monoisotopic (exact) mass is 928 g/mol. The first-order valence-corrected chi connectivity index (χ1v) is 24.2. The Bertz CT molecular complexity index is 2600. The molecule has 0 bridgehead atoms. The van der Waals surface area contributed by atoms with Crippen LogP contribution in [0.15, 0.2) is 73.1 Å². The second-order valence-corrected chi connectivity index (χ2v) is 19.3. The van der Waals surface area contributed by atoms with E-state index in [9.17, 15) is 19.2 Å². The molecule has 4 N–H and O–H groups in total. The van der Waals surface area contributed by atoms with Gasteiger partial charge in [-0.25, -0.2) is 19.6 Å². The molecule has 8 atom stereocenters. The van der Waals surface area contributed by atoms with Gasteiger partial charge in [0.1, 0.15) is 23.7 Å². The topological polar surface area (TPSA) is 193 Å². The Morgan fingerprint density at radius 3 is 1.44 bits per heavy atom. The fourth-order valence-electron chi connectivity index (χ4n) is 10.9. The van der Waals surface area contributed by atoms with Gasteiger partial charge in [0.15, 0.2) is 0 Å². The Morgan fingerprint density at radius 1 is 0.588 bits per heavy atom. The van der Waals surface area contributed by atoms with Crippen molar-refractivity contribution in [2.45, 2.75) is 102 Å². The van der Waals surface area contributed by atoms with Crippen molar-refractivity contribution in [3.8, 4) is 33.6 Å². The fraction of sp³-hybridized carbons (Fsp3) is 0.500. The molecule has 360 valence electrons. The van der Waals surface area contributed by atoms with E-state index in [4.69, 9.17) is 28.9 Å². The third-order valence-electron chi connectivity index (χ3n) is 15.3. The summed E-state index contributed by atoms with van der Waals surface area (Å²) in [6, 6.07) is 19.2. The molecule has 4 aliphatic rings. The molecule has 0 unspecified atom stereocenters. The average Bonchev–Trinajstić information content (AvgIpc) is 4.19. The number of alkyl carbamates (subject to hydrolysis) is 2. The predicted molar refractivity (Wildman–Crippen MR) is 256 cm³/mol. The molecule has 2 aromatic heterocycles. The lowest BCUT2D eigenvalue weighted by atomic mass is 9.90. The molecule has 16 heteroatoms. The molecular weight excluding hydrogens is 865 g/mol. The summed E-state index contributed by atoms with van der Waals surface area (Å²) in [7, 11) is 2.63. The predicted octanol–water partition coefficient (Wildman–Crippen LogP) is 8.19. The minimum absolute atomic E-state index is 0.0468. The molecule has 0 saturated carbocycles. The maximum absolute atomic E-state index is 14.4. The van der Waals surface area contributed by atoms with Crippen LogP contribution in [-0.4, -0.2) is 119 Å². The van der Waals surface area contributed by atoms with Gasteiger partial charge in [-0.15, -0.1) is 0 Å². The third kappa shape index (κ3) is 9.44. The van der Waals surface area contributed by atoms with Crippen LogP contribution in [0, 0.1) is 23.7 Å². The molecule has 4 fully saturated rings. The number of ether oxygens (including phenoxy) is 4. The van der Waals surface area contributed by atoms with Crippen LogP contribution < -0.4 is 10.6 Å². The summed E-state index contributed by atoms with van der Waals surface area (Å²) in [5.74, 6) is 1.57. The first-order chi connectivity index (χ1) is 32.9. The van der Waals surface area contributed by atoms with E-state index in [0.29, 0.717) is 52.1 Å². The minimum atomic E-state index is -0.716. The molecule has 3 aromatic carbocycles. The first-order valence-electron chi connectivity index (χ1n) is 24.2. The summed E-state index contributed by atoms with van der Waals surface area (Å²) in [6.45, 7) is 10.7. The molecule has 4 amide bonds. The average molecular weight is 929 g/mol. The quantitative estimate of drug-likeness (QED) is 0.100. The van der Waals surface area contributed by atoms with E-state index < -0.39 is 24.3 Å². The SMILES string of the molecule is COC(=O)N[C@H](C(=O)N1[C@H](C)[C@H](C)C[C@H]1c1ncc(-c2ccc(-c3ccc4cc(-c5cnc([C@@H]6C[C@@H](C)[C@@H](C)N6C(=O)[C@@H](NC(=O)OC)C6CCOCC6)[nH]5)ccc4c3)cc2)[nH]1)C1CCOCC1. The van der Waals surface area contributed by atoms with E-state index in [1.54, 1.807) is 0 Å². The number of rotatable bonds is 11. The van der Waals surface area contributed by atoms with Crippen molar-refractivity contribution >= 4 is 34.8 Å². The largest absolute Gasteiger partial charge is 0.453 e. The van der Waals surface area contributed by atoms with Gasteiger partial charge in [0, 0.05) is 44.1 Å². The van der Waals surface area contributed by atoms with E-state index in [1.807, 2.05) is 22.2 Å². The van der Waals surface area contributed by atoms with E-state index >= 15 is 0 Å². The van der Waals surface area contributed by atoms with Gasteiger partial charge >= 0.3 is 12.2 Å². The van der Waals surface area contributed by atoms with Crippen LogP contribution in [0.2, 0.25) is 0 Å². The van der Waals surface area contributed by atoms with Crippen LogP contribution in [0.1, 0.15) is 90.0 Å². The van der Waals surface area contributed by atoms with Crippen LogP contribution in [0.4, 0.5) is 9.59 Å². The summed E-state index contributed by atoms with van der Waals surface area (Å²) in [5.41, 5.74) is 5.85. The summed E-state index contributed by atoms with van der Waals surface area (Å²) in [4.78, 5) is 74.2. The molecule has 4 aliphatic heterocycles. The molecule has 0 spiro atoms. The zero-order valence-corrected chi connectivity index (χ0v) is 39.8. The Morgan fingerprint density at radius 2 is 0.985 bits per heavy atom. The highest BCUT2D eigenvalue weighted by Gasteiger charge is 2.47. The summed E-state index contributed by atoms with van der Waals surface area (Å²) in [5, 5.41) is 7.89. The lowest BCUT2D eigenvalue weighted by molar-refractivity contribution is -0.139. The third-order valence-corrected chi connectivity index (χ3v) is 15.3. The Kier molecular flexibility index (Phi) is 13.9. The van der Waals surface area contributed by atoms with Crippen LogP contribution in [0.5, 0.6) is 0 Å². The highest BCUT2D eigenvalue weighted by molar-refractivity contribution is 5.91. The van der Waals surface area contributed by atoms with Crippen molar-refractivity contribution in [1.29, 1.82) is 0 Å². The number of likely N-dealkylation sites (tertiary alicyclic amines) is 2. The number of aromatic nitrogens is 4. The van der Waals surface area contributed by atoms with Crippen molar-refractivity contribution < 1.29 is 38.1 Å². The molecule has 16 nitrogen and oxygen atoms in total. The molecule has 68 heavy (non-hydrogen) atoms. The number of nitrogens with zero attached hydrogens (tertiary/aromatic N) is 4. The van der Waals surface area contributed by atoms with Gasteiger partial charge in [-0.2, -0.15) is 0 Å². The lowest BCUT2D eigenvalue weighted by Gasteiger charge is -2.36. The molecule has 9 rings (SSSR count). The van der Waals surface area contributed by atoms with Gasteiger partial charge in [0.05, 0.1) is 50.1 Å². The zero-order valence-electron chi connectivity index (χ0n) is 39.8. The second kappa shape index (κ2) is 20.1. The van der Waals surface area contributed by atoms with Gasteiger partial charge < -0.3 is 49.3 Å². The van der Waals surface area contributed by atoms with Crippen LogP contribution >= 0.6 is 0 Å². The smallest absolute Gasteiger partial charge is 0.407 e. The van der Waals surface area contributed by atoms with E-state index in [-0.39, 0.29) is 59.7 Å². The Labute approximate surface area is 397 Å². The van der Waals surface area contributed by atoms with Gasteiger partial charge in [-0.05, 0) is 116 Å². The fourth-order valence-corrected chi connectivity index (χ4v) is 10.9. The lowest BCUT2D eigenvalue weighted by Crippen LogP contribution is -2.54. The van der Waals surface area contributed by atoms with Crippen molar-refractivity contribution in [1.82, 2.24) is 40.4 Å². The highest BCUT2D eigenvalue weighted by Crippen LogP contribution is 2.42. The van der Waals surface area contributed by atoms with Crippen LogP contribution in [-0.2, 0) is 28.5 Å². The van der Waals surface area contributed by atoms with E-state index in [1.165, 1.54) is 14.2 Å². The maximum atomic E-state index is 14.4. The summed E-state index contributed by atoms with van der Waals surface area (Å²) in [6.07, 6.45) is 6.67. The molecule has 4 saturated heterocycles. The molecule has 0 radical (unpaired) electrons. The van der Waals surface area contributed by atoms with Crippen molar-refractivity contribution in [2.24, 2.45) is 23.7 Å². The van der Waals surface area contributed by atoms with E-state index in [0.717, 1.165) is 68.9 Å². The minimum Gasteiger partial charge on any atom is -0.453 e. The van der Waals surface area contributed by atoms with Gasteiger partial charge in [0.25, 0.3) is 0 Å². The van der Waals surface area contributed by atoms with Crippen LogP contribution in [0.3, 0.4) is 0 Å². The molecule has 6 heterocycles. The first kappa shape index (κ1) is 46.8. The standard InChI is InChI=1S/C52H64N8O8/c1-29-23-43(59(31(29)3)49(61)45(57-51(63)65-5)35-15-19-67-20-16-35)47-53-27-41(55-47)34-9-7-33(8-10-34)37-11-12-39-26-40(14-13-38(39)25-37)42-28-54-48(56-42)44-24-30(2)32(4)60(44)50(62)46(58-52(64)66-6)36-17-21-68-22-18-36/h7-14,25-32,35-36,43-46H,15-24H2,1-6H3,(H,53,55)(H,54,56)(H,57,63)(H,58,64)/t29-,30-,31-,32-,43+,44+,45+,46+/m1/s1. The number of H-pyrrole nitrogens is 2. The number of carbonyl (C=O) groups excluding carboxylic acids is 4. The number of fused-ring (bicyclic) bond motifs is 1. The molecular formula is C52H64N8O8. The molecule has 0 aliphatic carbocycles. The Balaban J connectivity index is 0.890. The van der Waals surface area contributed by atoms with Gasteiger partial charge in [-0.1, -0.05) is 62.4 Å². The van der Waals surface area contributed by atoms with Crippen LogP contribution in [0.25, 0.3) is 44.4 Å². The number of benzene rings is 3. The highest BCUT2D eigenvalue weighted by atomic mass is 16.5. The Hall–Kier alpha value is -6.26. The van der Waals surface area contributed by atoms with Crippen molar-refractivity contribution in [3.05, 3.63) is 84.7 Å². The summed E-state index contributed by atoms with van der Waals surface area (Å²) >= 11 is 0. The molecule has 5 aromatic rings. The number of amides is 4. The number of hydrogen-bond acceptors (Lipinski definition) is 10. The summed E-state index contributed by atoms with van der Waals surface area (Å²) < 4.78 is 21.0. The van der Waals surface area contributed by atoms with Crippen molar-refractivity contribution in [3.63, 3.8) is 0 Å². The van der Waals surface area contributed by atoms with E-state index in [2.05, 4.69) is 109 Å². The maximum Gasteiger partial charge on any atom is 0.407 e. The number of hydrogen-bond donors (Lipinski definition) is 4. The second-order valence-electron chi connectivity index (χ2n) is 19.3. The van der Waals surface area contributed by atoms with Crippen molar-refractivity contribution in [2.75, 3.05) is 40.6 Å². The number of nitrogens with one attached hydrogen (secondary N) is 4. The van der Waals surface area contributed by atoms with Gasteiger partial charge in [-0.3, -0.25) is 9.59 Å². The normalized spacial score (nSPS) is 24.4.